The first-order valence-corrected chi connectivity index (χ1v) is 6.46. The van der Waals surface area contributed by atoms with Crippen molar-refractivity contribution in [2.24, 2.45) is 0 Å². The lowest BCUT2D eigenvalue weighted by Gasteiger charge is -2.15. The summed E-state index contributed by atoms with van der Waals surface area (Å²) in [5.41, 5.74) is 0.852. The van der Waals surface area contributed by atoms with Crippen molar-refractivity contribution >= 4 is 15.9 Å². The molecule has 106 valence electrons. The zero-order valence-corrected chi connectivity index (χ0v) is 11.7. The Kier molecular flexibility index (Phi) is 4.54. The van der Waals surface area contributed by atoms with Gasteiger partial charge in [0.15, 0.2) is 11.5 Å². The Bertz CT molecular complexity index is 570. The number of alkyl halides is 3. The van der Waals surface area contributed by atoms with Gasteiger partial charge in [0.05, 0.1) is 4.47 Å². The molecule has 2 rings (SSSR count). The molecule has 2 nitrogen and oxygen atoms in total. The summed E-state index contributed by atoms with van der Waals surface area (Å²) in [7, 11) is 0. The van der Waals surface area contributed by atoms with Gasteiger partial charge in [-0.25, -0.2) is 0 Å². The first kappa shape index (κ1) is 14.7. The van der Waals surface area contributed by atoms with E-state index in [1.165, 1.54) is 12.1 Å². The van der Waals surface area contributed by atoms with Crippen LogP contribution in [0.25, 0.3) is 0 Å². The fraction of sp³-hybridized carbons (Fsp3) is 0.143. The van der Waals surface area contributed by atoms with Crippen LogP contribution in [0, 0.1) is 0 Å². The third kappa shape index (κ3) is 4.16. The van der Waals surface area contributed by atoms with Crippen LogP contribution in [0.1, 0.15) is 5.56 Å². The molecule has 2 aromatic carbocycles. The highest BCUT2D eigenvalue weighted by Crippen LogP contribution is 2.38. The van der Waals surface area contributed by atoms with E-state index in [0.717, 1.165) is 5.56 Å². The van der Waals surface area contributed by atoms with E-state index in [4.69, 9.17) is 4.74 Å². The summed E-state index contributed by atoms with van der Waals surface area (Å²) in [6.45, 7) is 0.158. The van der Waals surface area contributed by atoms with E-state index in [1.54, 1.807) is 6.07 Å². The van der Waals surface area contributed by atoms with Gasteiger partial charge in [0.2, 0.25) is 0 Å². The summed E-state index contributed by atoms with van der Waals surface area (Å²) in [5.74, 6) is -0.350. The van der Waals surface area contributed by atoms with Crippen molar-refractivity contribution < 1.29 is 22.6 Å². The van der Waals surface area contributed by atoms with E-state index >= 15 is 0 Å². The maximum atomic E-state index is 12.4. The second-order valence-corrected chi connectivity index (χ2v) is 4.74. The highest BCUT2D eigenvalue weighted by molar-refractivity contribution is 9.10. The van der Waals surface area contributed by atoms with Crippen molar-refractivity contribution in [3.05, 3.63) is 58.6 Å². The van der Waals surface area contributed by atoms with Crippen molar-refractivity contribution in [3.63, 3.8) is 0 Å². The normalized spacial score (nSPS) is 11.2. The Hall–Kier alpha value is -1.69. The van der Waals surface area contributed by atoms with Gasteiger partial charge < -0.3 is 9.47 Å². The number of hydrogen-bond acceptors (Lipinski definition) is 2. The Labute approximate surface area is 122 Å². The standard InChI is InChI=1S/C14H10BrF3O2/c15-11-7-4-8-12(13(11)20-14(16,17)18)19-9-10-5-2-1-3-6-10/h1-8H,9H2. The molecule has 6 heteroatoms. The Balaban J connectivity index is 2.17. The lowest BCUT2D eigenvalue weighted by atomic mass is 10.2. The molecule has 20 heavy (non-hydrogen) atoms. The van der Waals surface area contributed by atoms with Crippen molar-refractivity contribution in [1.82, 2.24) is 0 Å². The van der Waals surface area contributed by atoms with E-state index in [1.807, 2.05) is 30.3 Å². The van der Waals surface area contributed by atoms with E-state index in [9.17, 15) is 13.2 Å². The van der Waals surface area contributed by atoms with Crippen LogP contribution in [-0.2, 0) is 6.61 Å². The molecule has 0 heterocycles. The van der Waals surface area contributed by atoms with E-state index in [2.05, 4.69) is 20.7 Å². The minimum absolute atomic E-state index is 0.0283. The second-order valence-electron chi connectivity index (χ2n) is 3.89. The van der Waals surface area contributed by atoms with Crippen LogP contribution in [0.2, 0.25) is 0 Å². The molecule has 0 amide bonds. The molecule has 0 N–H and O–H groups in total. The van der Waals surface area contributed by atoms with Gasteiger partial charge in [-0.15, -0.1) is 13.2 Å². The van der Waals surface area contributed by atoms with Crippen LogP contribution in [0.5, 0.6) is 11.5 Å². The van der Waals surface area contributed by atoms with Gasteiger partial charge >= 0.3 is 6.36 Å². The molecule has 0 fully saturated rings. The third-order valence-corrected chi connectivity index (χ3v) is 3.01. The largest absolute Gasteiger partial charge is 0.573 e. The Morgan fingerprint density at radius 2 is 1.65 bits per heavy atom. The summed E-state index contributed by atoms with van der Waals surface area (Å²) in [6, 6.07) is 13.6. The number of rotatable bonds is 4. The number of halogens is 4. The maximum absolute atomic E-state index is 12.4. The van der Waals surface area contributed by atoms with E-state index in [0.29, 0.717) is 0 Å². The van der Waals surface area contributed by atoms with Crippen LogP contribution < -0.4 is 9.47 Å². The summed E-state index contributed by atoms with van der Waals surface area (Å²) >= 11 is 3.02. The predicted octanol–water partition coefficient (Wildman–Crippen LogP) is 4.93. The summed E-state index contributed by atoms with van der Waals surface area (Å²) in [4.78, 5) is 0. The Morgan fingerprint density at radius 1 is 0.950 bits per heavy atom. The number of hydrogen-bond donors (Lipinski definition) is 0. The molecule has 0 unspecified atom stereocenters. The van der Waals surface area contributed by atoms with Crippen LogP contribution >= 0.6 is 15.9 Å². The highest BCUT2D eigenvalue weighted by atomic mass is 79.9. The zero-order valence-electron chi connectivity index (χ0n) is 10.2. The van der Waals surface area contributed by atoms with Crippen LogP contribution in [0.15, 0.2) is 53.0 Å². The molecular formula is C14H10BrF3O2. The highest BCUT2D eigenvalue weighted by Gasteiger charge is 2.33. The topological polar surface area (TPSA) is 18.5 Å². The molecule has 0 aromatic heterocycles. The first-order valence-electron chi connectivity index (χ1n) is 5.67. The van der Waals surface area contributed by atoms with Gasteiger partial charge in [-0.3, -0.25) is 0 Å². The molecule has 0 atom stereocenters. The molecule has 2 aromatic rings. The molecule has 0 aliphatic carbocycles. The minimum Gasteiger partial charge on any atom is -0.485 e. The molecule has 0 saturated carbocycles. The molecule has 0 spiro atoms. The first-order chi connectivity index (χ1) is 9.46. The van der Waals surface area contributed by atoms with Crippen LogP contribution in [0.4, 0.5) is 13.2 Å². The Morgan fingerprint density at radius 3 is 2.30 bits per heavy atom. The SMILES string of the molecule is FC(F)(F)Oc1c(Br)cccc1OCc1ccccc1. The lowest BCUT2D eigenvalue weighted by Crippen LogP contribution is -2.18. The molecule has 0 aliphatic heterocycles. The van der Waals surface area contributed by atoms with E-state index < -0.39 is 6.36 Å². The van der Waals surface area contributed by atoms with Gasteiger partial charge in [-0.1, -0.05) is 36.4 Å². The predicted molar refractivity (Wildman–Crippen MR) is 71.6 cm³/mol. The summed E-state index contributed by atoms with van der Waals surface area (Å²) in [6.07, 6.45) is -4.77. The van der Waals surface area contributed by atoms with Crippen LogP contribution in [0.3, 0.4) is 0 Å². The monoisotopic (exact) mass is 346 g/mol. The summed E-state index contributed by atoms with van der Waals surface area (Å²) < 4.78 is 46.7. The third-order valence-electron chi connectivity index (χ3n) is 2.39. The number of para-hydroxylation sites is 1. The zero-order chi connectivity index (χ0) is 14.6. The second kappa shape index (κ2) is 6.17. The molecule has 0 radical (unpaired) electrons. The lowest BCUT2D eigenvalue weighted by molar-refractivity contribution is -0.275. The smallest absolute Gasteiger partial charge is 0.485 e. The van der Waals surface area contributed by atoms with Gasteiger partial charge in [0, 0.05) is 0 Å². The van der Waals surface area contributed by atoms with Gasteiger partial charge in [-0.05, 0) is 33.6 Å². The fourth-order valence-electron chi connectivity index (χ4n) is 1.55. The van der Waals surface area contributed by atoms with Gasteiger partial charge in [-0.2, -0.15) is 0 Å². The van der Waals surface area contributed by atoms with Crippen molar-refractivity contribution in [2.75, 3.05) is 0 Å². The number of benzene rings is 2. The minimum atomic E-state index is -4.77. The number of ether oxygens (including phenoxy) is 2. The van der Waals surface area contributed by atoms with Crippen LogP contribution in [-0.4, -0.2) is 6.36 Å². The molecular weight excluding hydrogens is 337 g/mol. The van der Waals surface area contributed by atoms with Gasteiger partial charge in [0.1, 0.15) is 6.61 Å². The van der Waals surface area contributed by atoms with E-state index in [-0.39, 0.29) is 22.6 Å². The molecule has 0 saturated heterocycles. The summed E-state index contributed by atoms with van der Waals surface area (Å²) in [5, 5.41) is 0. The van der Waals surface area contributed by atoms with Crippen molar-refractivity contribution in [2.45, 2.75) is 13.0 Å². The quantitative estimate of drug-likeness (QED) is 0.781. The van der Waals surface area contributed by atoms with Crippen molar-refractivity contribution in [3.8, 4) is 11.5 Å². The van der Waals surface area contributed by atoms with Crippen molar-refractivity contribution in [1.29, 1.82) is 0 Å². The molecule has 0 bridgehead atoms. The fourth-order valence-corrected chi connectivity index (χ4v) is 1.98. The average molecular weight is 347 g/mol. The maximum Gasteiger partial charge on any atom is 0.573 e. The van der Waals surface area contributed by atoms with Gasteiger partial charge in [0.25, 0.3) is 0 Å². The molecule has 0 aliphatic rings. The average Bonchev–Trinajstić information content (AvgIpc) is 2.39.